The summed E-state index contributed by atoms with van der Waals surface area (Å²) in [5.74, 6) is -1.30. The SMILES string of the molecule is O=C(O)C[C@@H]1C2CCC(CC2)C1Nc1nc(-c2[nH]nc3ncc(F)cc23)ncc1F. The van der Waals surface area contributed by atoms with Gasteiger partial charge in [-0.15, -0.1) is 0 Å². The van der Waals surface area contributed by atoms with Gasteiger partial charge in [0.15, 0.2) is 23.1 Å². The number of aliphatic carboxylic acids is 1. The van der Waals surface area contributed by atoms with E-state index in [1.54, 1.807) is 0 Å². The zero-order chi connectivity index (χ0) is 20.8. The molecule has 1 unspecified atom stereocenters. The molecule has 3 heterocycles. The van der Waals surface area contributed by atoms with E-state index in [0.29, 0.717) is 22.6 Å². The van der Waals surface area contributed by atoms with Gasteiger partial charge in [-0.1, -0.05) is 0 Å². The van der Waals surface area contributed by atoms with E-state index in [2.05, 4.69) is 30.5 Å². The molecule has 8 nitrogen and oxygen atoms in total. The molecule has 2 bridgehead atoms. The van der Waals surface area contributed by atoms with Crippen molar-refractivity contribution in [2.45, 2.75) is 38.1 Å². The van der Waals surface area contributed by atoms with E-state index >= 15 is 0 Å². The number of hydrogen-bond acceptors (Lipinski definition) is 6. The van der Waals surface area contributed by atoms with Crippen molar-refractivity contribution >= 4 is 22.8 Å². The van der Waals surface area contributed by atoms with E-state index < -0.39 is 17.6 Å². The van der Waals surface area contributed by atoms with Crippen molar-refractivity contribution in [3.8, 4) is 11.5 Å². The van der Waals surface area contributed by atoms with Gasteiger partial charge in [-0.25, -0.2) is 23.7 Å². The predicted molar refractivity (Wildman–Crippen MR) is 103 cm³/mol. The monoisotopic (exact) mass is 414 g/mol. The first-order valence-corrected chi connectivity index (χ1v) is 10.0. The Balaban J connectivity index is 1.49. The van der Waals surface area contributed by atoms with Crippen LogP contribution in [0.4, 0.5) is 14.6 Å². The van der Waals surface area contributed by atoms with Gasteiger partial charge in [0, 0.05) is 6.04 Å². The summed E-state index contributed by atoms with van der Waals surface area (Å²) in [5.41, 5.74) is 0.646. The van der Waals surface area contributed by atoms with Gasteiger partial charge in [-0.3, -0.25) is 9.89 Å². The summed E-state index contributed by atoms with van der Waals surface area (Å²) in [6.45, 7) is 0. The smallest absolute Gasteiger partial charge is 0.303 e. The molecule has 156 valence electrons. The first-order valence-electron chi connectivity index (χ1n) is 10.0. The molecule has 30 heavy (non-hydrogen) atoms. The Hall–Kier alpha value is -3.17. The molecule has 6 rings (SSSR count). The minimum atomic E-state index is -0.846. The van der Waals surface area contributed by atoms with Crippen molar-refractivity contribution in [2.75, 3.05) is 5.32 Å². The first-order chi connectivity index (χ1) is 14.5. The van der Waals surface area contributed by atoms with Crippen LogP contribution in [0.15, 0.2) is 18.5 Å². The highest BCUT2D eigenvalue weighted by molar-refractivity contribution is 5.88. The molecular weight excluding hydrogens is 394 g/mol. The highest BCUT2D eigenvalue weighted by Gasteiger charge is 2.44. The van der Waals surface area contributed by atoms with Crippen molar-refractivity contribution in [3.63, 3.8) is 0 Å². The number of carboxylic acid groups (broad SMARTS) is 1. The zero-order valence-corrected chi connectivity index (χ0v) is 16.0. The summed E-state index contributed by atoms with van der Waals surface area (Å²) in [6, 6.07) is 1.10. The number of carbonyl (C=O) groups is 1. The van der Waals surface area contributed by atoms with E-state index in [0.717, 1.165) is 38.1 Å². The van der Waals surface area contributed by atoms with Crippen LogP contribution < -0.4 is 5.32 Å². The number of pyridine rings is 1. The Morgan fingerprint density at radius 2 is 1.93 bits per heavy atom. The van der Waals surface area contributed by atoms with Crippen LogP contribution >= 0.6 is 0 Å². The maximum absolute atomic E-state index is 14.6. The van der Waals surface area contributed by atoms with Gasteiger partial charge in [-0.2, -0.15) is 5.10 Å². The fourth-order valence-corrected chi connectivity index (χ4v) is 5.09. The number of carboxylic acids is 1. The average molecular weight is 414 g/mol. The lowest BCUT2D eigenvalue weighted by Crippen LogP contribution is -2.49. The van der Waals surface area contributed by atoms with Crippen LogP contribution in [-0.4, -0.2) is 42.3 Å². The second kappa shape index (κ2) is 7.26. The maximum atomic E-state index is 14.6. The Bertz CT molecular complexity index is 1110. The molecule has 0 aromatic carbocycles. The molecule has 3 saturated carbocycles. The lowest BCUT2D eigenvalue weighted by Gasteiger charge is -2.48. The largest absolute Gasteiger partial charge is 0.481 e. The van der Waals surface area contributed by atoms with Gasteiger partial charge in [0.2, 0.25) is 0 Å². The molecule has 0 saturated heterocycles. The van der Waals surface area contributed by atoms with Crippen molar-refractivity contribution in [3.05, 3.63) is 30.1 Å². The maximum Gasteiger partial charge on any atom is 0.303 e. The number of fused-ring (bicyclic) bond motifs is 4. The van der Waals surface area contributed by atoms with Crippen molar-refractivity contribution in [1.29, 1.82) is 0 Å². The lowest BCUT2D eigenvalue weighted by atomic mass is 9.61. The molecule has 3 fully saturated rings. The fraction of sp³-hybridized carbons (Fsp3) is 0.450. The molecule has 0 amide bonds. The topological polar surface area (TPSA) is 117 Å². The number of anilines is 1. The first kappa shape index (κ1) is 18.8. The third kappa shape index (κ3) is 3.25. The summed E-state index contributed by atoms with van der Waals surface area (Å²) in [6.07, 6.45) is 6.17. The Kier molecular flexibility index (Phi) is 4.56. The molecule has 3 aromatic rings. The van der Waals surface area contributed by atoms with Crippen LogP contribution in [0.3, 0.4) is 0 Å². The molecule has 10 heteroatoms. The third-order valence-electron chi connectivity index (χ3n) is 6.45. The van der Waals surface area contributed by atoms with Crippen LogP contribution in [0, 0.1) is 29.4 Å². The van der Waals surface area contributed by atoms with E-state index in [4.69, 9.17) is 0 Å². The molecule has 3 N–H and O–H groups in total. The summed E-state index contributed by atoms with van der Waals surface area (Å²) < 4.78 is 28.2. The third-order valence-corrected chi connectivity index (χ3v) is 6.45. The lowest BCUT2D eigenvalue weighted by molar-refractivity contribution is -0.139. The normalized spacial score (nSPS) is 25.5. The van der Waals surface area contributed by atoms with Gasteiger partial charge >= 0.3 is 5.97 Å². The molecule has 3 aliphatic rings. The van der Waals surface area contributed by atoms with Gasteiger partial charge in [0.05, 0.1) is 24.2 Å². The van der Waals surface area contributed by atoms with Crippen molar-refractivity contribution < 1.29 is 18.7 Å². The number of halogens is 2. The van der Waals surface area contributed by atoms with Crippen molar-refractivity contribution in [2.24, 2.45) is 17.8 Å². The minimum Gasteiger partial charge on any atom is -0.481 e. The Labute approximate surface area is 170 Å². The average Bonchev–Trinajstić information content (AvgIpc) is 3.14. The van der Waals surface area contributed by atoms with Crippen molar-refractivity contribution in [1.82, 2.24) is 25.1 Å². The standard InChI is InChI=1S/C20H20F2N6O2/c21-11-5-13-17(27-28-18(13)23-7-11)20-24-8-14(22)19(26-20)25-16-10-3-1-9(2-4-10)12(16)6-15(29)30/h5,7-10,12,16H,1-4,6H2,(H,29,30)(H,23,27,28)(H,24,25,26)/t9?,10?,12-,16?/m1/s1. The quantitative estimate of drug-likeness (QED) is 0.586. The number of nitrogens with one attached hydrogen (secondary N) is 2. The van der Waals surface area contributed by atoms with Gasteiger partial charge in [-0.05, 0) is 49.5 Å². The fourth-order valence-electron chi connectivity index (χ4n) is 5.09. The Morgan fingerprint density at radius 1 is 1.17 bits per heavy atom. The number of aromatic nitrogens is 5. The van der Waals surface area contributed by atoms with Crippen LogP contribution in [0.5, 0.6) is 0 Å². The number of nitrogens with zero attached hydrogens (tertiary/aromatic N) is 4. The van der Waals surface area contributed by atoms with E-state index in [1.165, 1.54) is 6.07 Å². The molecule has 3 aliphatic carbocycles. The summed E-state index contributed by atoms with van der Waals surface area (Å²) in [4.78, 5) is 23.6. The van der Waals surface area contributed by atoms with Crippen LogP contribution in [-0.2, 0) is 4.79 Å². The number of rotatable bonds is 5. The number of aromatic amines is 1. The number of H-pyrrole nitrogens is 1. The second-order valence-electron chi connectivity index (χ2n) is 8.12. The molecule has 2 atom stereocenters. The highest BCUT2D eigenvalue weighted by atomic mass is 19.1. The summed E-state index contributed by atoms with van der Waals surface area (Å²) >= 11 is 0. The molecule has 3 aromatic heterocycles. The summed E-state index contributed by atoms with van der Waals surface area (Å²) in [5, 5.41) is 19.7. The van der Waals surface area contributed by atoms with Crippen LogP contribution in [0.1, 0.15) is 32.1 Å². The molecular formula is C20H20F2N6O2. The molecule has 0 radical (unpaired) electrons. The van der Waals surface area contributed by atoms with Crippen LogP contribution in [0.2, 0.25) is 0 Å². The van der Waals surface area contributed by atoms with E-state index in [1.807, 2.05) is 0 Å². The van der Waals surface area contributed by atoms with Gasteiger partial charge < -0.3 is 10.4 Å². The van der Waals surface area contributed by atoms with E-state index in [9.17, 15) is 18.7 Å². The zero-order valence-electron chi connectivity index (χ0n) is 16.0. The molecule has 0 aliphatic heterocycles. The number of hydrogen-bond donors (Lipinski definition) is 3. The summed E-state index contributed by atoms with van der Waals surface area (Å²) in [7, 11) is 0. The Morgan fingerprint density at radius 3 is 2.70 bits per heavy atom. The predicted octanol–water partition coefficient (Wildman–Crippen LogP) is 3.38. The molecule has 0 spiro atoms. The highest BCUT2D eigenvalue weighted by Crippen LogP contribution is 2.47. The van der Waals surface area contributed by atoms with Gasteiger partial charge in [0.1, 0.15) is 11.5 Å². The van der Waals surface area contributed by atoms with Crippen LogP contribution in [0.25, 0.3) is 22.6 Å². The van der Waals surface area contributed by atoms with Gasteiger partial charge in [0.25, 0.3) is 0 Å². The minimum absolute atomic E-state index is 0.0139. The second-order valence-corrected chi connectivity index (χ2v) is 8.12. The van der Waals surface area contributed by atoms with E-state index in [-0.39, 0.29) is 35.9 Å².